The van der Waals surface area contributed by atoms with Crippen molar-refractivity contribution in [3.8, 4) is 11.5 Å². The highest BCUT2D eigenvalue weighted by Gasteiger charge is 2.16. The summed E-state index contributed by atoms with van der Waals surface area (Å²) in [5.41, 5.74) is 1.40. The van der Waals surface area contributed by atoms with Gasteiger partial charge in [-0.05, 0) is 25.0 Å². The standard InChI is InChI=1S/C16H18N2O4/c19-16-11(7-17-8-12-2-1-3-20-12)4-10-5-14-15(22-9-21-14)6-13(10)18-16/h4-6,12,17H,1-3,7-9H2,(H,18,19)/t12-/m1/s1. The zero-order chi connectivity index (χ0) is 14.9. The van der Waals surface area contributed by atoms with Crippen molar-refractivity contribution in [1.82, 2.24) is 10.3 Å². The average Bonchev–Trinajstić information content (AvgIpc) is 3.16. The van der Waals surface area contributed by atoms with E-state index < -0.39 is 0 Å². The van der Waals surface area contributed by atoms with Crippen LogP contribution in [0.5, 0.6) is 11.5 Å². The first kappa shape index (κ1) is 13.6. The maximum Gasteiger partial charge on any atom is 0.252 e. The smallest absolute Gasteiger partial charge is 0.252 e. The molecule has 1 aromatic carbocycles. The van der Waals surface area contributed by atoms with Crippen molar-refractivity contribution in [1.29, 1.82) is 0 Å². The van der Waals surface area contributed by atoms with Crippen LogP contribution < -0.4 is 20.3 Å². The number of hydrogen-bond donors (Lipinski definition) is 2. The highest BCUT2D eigenvalue weighted by molar-refractivity contribution is 5.83. The topological polar surface area (TPSA) is 72.6 Å². The molecule has 0 aliphatic carbocycles. The van der Waals surface area contributed by atoms with Gasteiger partial charge in [0.1, 0.15) is 0 Å². The quantitative estimate of drug-likeness (QED) is 0.896. The van der Waals surface area contributed by atoms with Crippen LogP contribution in [0.3, 0.4) is 0 Å². The van der Waals surface area contributed by atoms with E-state index in [4.69, 9.17) is 14.2 Å². The fraction of sp³-hybridized carbons (Fsp3) is 0.438. The number of H-pyrrole nitrogens is 1. The van der Waals surface area contributed by atoms with Crippen molar-refractivity contribution in [2.24, 2.45) is 0 Å². The van der Waals surface area contributed by atoms with E-state index in [2.05, 4.69) is 10.3 Å². The van der Waals surface area contributed by atoms with Gasteiger partial charge in [-0.3, -0.25) is 4.79 Å². The second-order valence-electron chi connectivity index (χ2n) is 5.68. The van der Waals surface area contributed by atoms with Crippen molar-refractivity contribution in [3.05, 3.63) is 34.1 Å². The maximum atomic E-state index is 12.2. The Hall–Kier alpha value is -2.05. The third kappa shape index (κ3) is 2.55. The largest absolute Gasteiger partial charge is 0.454 e. The Bertz CT molecular complexity index is 750. The summed E-state index contributed by atoms with van der Waals surface area (Å²) in [5, 5.41) is 4.24. The highest BCUT2D eigenvalue weighted by atomic mass is 16.7. The first-order valence-electron chi connectivity index (χ1n) is 7.57. The Labute approximate surface area is 127 Å². The maximum absolute atomic E-state index is 12.2. The third-order valence-electron chi connectivity index (χ3n) is 4.13. The summed E-state index contributed by atoms with van der Waals surface area (Å²) < 4.78 is 16.3. The molecule has 0 bridgehead atoms. The summed E-state index contributed by atoms with van der Waals surface area (Å²) in [6.45, 7) is 2.37. The SMILES string of the molecule is O=c1[nH]c2cc3c(cc2cc1CNC[C@H]1CCCO1)OCO3. The van der Waals surface area contributed by atoms with Gasteiger partial charge in [0.25, 0.3) is 5.56 Å². The lowest BCUT2D eigenvalue weighted by atomic mass is 10.1. The summed E-state index contributed by atoms with van der Waals surface area (Å²) in [6, 6.07) is 5.61. The molecule has 0 amide bonds. The van der Waals surface area contributed by atoms with Gasteiger partial charge in [-0.2, -0.15) is 0 Å². The molecule has 0 spiro atoms. The van der Waals surface area contributed by atoms with Crippen LogP contribution in [0.25, 0.3) is 10.9 Å². The van der Waals surface area contributed by atoms with E-state index in [1.165, 1.54) is 0 Å². The molecular formula is C16H18N2O4. The van der Waals surface area contributed by atoms with Gasteiger partial charge in [-0.1, -0.05) is 0 Å². The van der Waals surface area contributed by atoms with E-state index in [9.17, 15) is 4.79 Å². The average molecular weight is 302 g/mol. The van der Waals surface area contributed by atoms with E-state index in [0.29, 0.717) is 17.9 Å². The third-order valence-corrected chi connectivity index (χ3v) is 4.13. The van der Waals surface area contributed by atoms with Gasteiger partial charge in [-0.15, -0.1) is 0 Å². The van der Waals surface area contributed by atoms with E-state index in [0.717, 1.165) is 42.6 Å². The minimum absolute atomic E-state index is 0.0776. The Balaban J connectivity index is 1.54. The molecule has 1 saturated heterocycles. The van der Waals surface area contributed by atoms with Crippen LogP contribution in [0.2, 0.25) is 0 Å². The number of fused-ring (bicyclic) bond motifs is 2. The lowest BCUT2D eigenvalue weighted by molar-refractivity contribution is 0.110. The van der Waals surface area contributed by atoms with Gasteiger partial charge in [0, 0.05) is 36.7 Å². The normalized spacial score (nSPS) is 19.9. The van der Waals surface area contributed by atoms with Crippen LogP contribution in [-0.4, -0.2) is 31.0 Å². The Morgan fingerprint density at radius 1 is 1.23 bits per heavy atom. The molecule has 1 fully saturated rings. The van der Waals surface area contributed by atoms with Gasteiger partial charge in [-0.25, -0.2) is 0 Å². The van der Waals surface area contributed by atoms with Gasteiger partial charge < -0.3 is 24.5 Å². The first-order valence-corrected chi connectivity index (χ1v) is 7.57. The molecule has 116 valence electrons. The monoisotopic (exact) mass is 302 g/mol. The number of aromatic amines is 1. The second-order valence-corrected chi connectivity index (χ2v) is 5.68. The number of ether oxygens (including phenoxy) is 3. The van der Waals surface area contributed by atoms with E-state index in [1.807, 2.05) is 18.2 Å². The predicted molar refractivity (Wildman–Crippen MR) is 81.4 cm³/mol. The lowest BCUT2D eigenvalue weighted by Crippen LogP contribution is -2.28. The van der Waals surface area contributed by atoms with Crippen LogP contribution >= 0.6 is 0 Å². The van der Waals surface area contributed by atoms with Crippen molar-refractivity contribution < 1.29 is 14.2 Å². The Kier molecular flexibility index (Phi) is 3.48. The molecule has 3 heterocycles. The second kappa shape index (κ2) is 5.62. The van der Waals surface area contributed by atoms with Crippen LogP contribution in [0.1, 0.15) is 18.4 Å². The zero-order valence-corrected chi connectivity index (χ0v) is 12.2. The van der Waals surface area contributed by atoms with Crippen LogP contribution in [-0.2, 0) is 11.3 Å². The molecule has 2 aliphatic heterocycles. The predicted octanol–water partition coefficient (Wildman–Crippen LogP) is 1.53. The van der Waals surface area contributed by atoms with Gasteiger partial charge in [0.15, 0.2) is 11.5 Å². The molecular weight excluding hydrogens is 284 g/mol. The molecule has 0 unspecified atom stereocenters. The lowest BCUT2D eigenvalue weighted by Gasteiger charge is -2.10. The fourth-order valence-corrected chi connectivity index (χ4v) is 2.95. The number of hydrogen-bond acceptors (Lipinski definition) is 5. The van der Waals surface area contributed by atoms with Crippen LogP contribution in [0, 0.1) is 0 Å². The molecule has 1 atom stereocenters. The summed E-state index contributed by atoms with van der Waals surface area (Å²) in [4.78, 5) is 15.1. The van der Waals surface area contributed by atoms with Gasteiger partial charge in [0.05, 0.1) is 11.6 Å². The molecule has 2 aliphatic rings. The summed E-state index contributed by atoms with van der Waals surface area (Å²) >= 11 is 0. The molecule has 6 heteroatoms. The number of nitrogens with one attached hydrogen (secondary N) is 2. The van der Waals surface area contributed by atoms with Crippen molar-refractivity contribution in [2.45, 2.75) is 25.5 Å². The van der Waals surface area contributed by atoms with Crippen molar-refractivity contribution in [3.63, 3.8) is 0 Å². The van der Waals surface area contributed by atoms with Gasteiger partial charge >= 0.3 is 0 Å². The fourth-order valence-electron chi connectivity index (χ4n) is 2.95. The Morgan fingerprint density at radius 3 is 2.91 bits per heavy atom. The molecule has 2 N–H and O–H groups in total. The highest BCUT2D eigenvalue weighted by Crippen LogP contribution is 2.35. The zero-order valence-electron chi connectivity index (χ0n) is 12.2. The van der Waals surface area contributed by atoms with Crippen LogP contribution in [0.15, 0.2) is 23.0 Å². The number of benzene rings is 1. The molecule has 22 heavy (non-hydrogen) atoms. The molecule has 2 aromatic rings. The number of rotatable bonds is 4. The van der Waals surface area contributed by atoms with E-state index in [-0.39, 0.29) is 18.5 Å². The van der Waals surface area contributed by atoms with Crippen LogP contribution in [0.4, 0.5) is 0 Å². The number of aromatic nitrogens is 1. The van der Waals surface area contributed by atoms with E-state index >= 15 is 0 Å². The van der Waals surface area contributed by atoms with E-state index in [1.54, 1.807) is 0 Å². The minimum atomic E-state index is -0.0776. The summed E-state index contributed by atoms with van der Waals surface area (Å²) in [7, 11) is 0. The summed E-state index contributed by atoms with van der Waals surface area (Å²) in [6.07, 6.45) is 2.48. The molecule has 0 saturated carbocycles. The summed E-state index contributed by atoms with van der Waals surface area (Å²) in [5.74, 6) is 1.39. The van der Waals surface area contributed by atoms with Crippen molar-refractivity contribution >= 4 is 10.9 Å². The van der Waals surface area contributed by atoms with Gasteiger partial charge in [0.2, 0.25) is 6.79 Å². The molecule has 1 aromatic heterocycles. The Morgan fingerprint density at radius 2 is 2.09 bits per heavy atom. The molecule has 4 rings (SSSR count). The molecule has 0 radical (unpaired) electrons. The van der Waals surface area contributed by atoms with Crippen molar-refractivity contribution in [2.75, 3.05) is 19.9 Å². The molecule has 6 nitrogen and oxygen atoms in total. The minimum Gasteiger partial charge on any atom is -0.454 e. The first-order chi connectivity index (χ1) is 10.8. The number of pyridine rings is 1.